The molecule has 0 radical (unpaired) electrons. The Hall–Kier alpha value is -1.94. The quantitative estimate of drug-likeness (QED) is 0.768. The summed E-state index contributed by atoms with van der Waals surface area (Å²) in [7, 11) is 0. The van der Waals surface area contributed by atoms with Crippen molar-refractivity contribution in [3.8, 4) is 0 Å². The first kappa shape index (κ1) is 11.2. The zero-order valence-corrected chi connectivity index (χ0v) is 10.9. The Labute approximate surface area is 110 Å². The summed E-state index contributed by atoms with van der Waals surface area (Å²) >= 11 is 1.63. The minimum absolute atomic E-state index is 0.866. The van der Waals surface area contributed by atoms with Crippen molar-refractivity contribution in [2.24, 2.45) is 0 Å². The van der Waals surface area contributed by atoms with Gasteiger partial charge in [0.1, 0.15) is 17.0 Å². The molecule has 0 amide bonds. The fourth-order valence-corrected chi connectivity index (χ4v) is 2.58. The van der Waals surface area contributed by atoms with Gasteiger partial charge in [-0.2, -0.15) is 0 Å². The lowest BCUT2D eigenvalue weighted by molar-refractivity contribution is 1.14. The summed E-state index contributed by atoms with van der Waals surface area (Å²) in [6.07, 6.45) is 2.66. The number of nitrogens with one attached hydrogen (secondary N) is 1. The number of rotatable bonds is 3. The average Bonchev–Trinajstić information content (AvgIpc) is 2.89. The van der Waals surface area contributed by atoms with E-state index in [1.165, 1.54) is 5.56 Å². The molecule has 0 spiro atoms. The van der Waals surface area contributed by atoms with Gasteiger partial charge in [-0.1, -0.05) is 19.1 Å². The largest absolute Gasteiger partial charge is 0.340 e. The molecule has 0 atom stereocenters. The number of nitrogens with zero attached hydrogens (tertiary/aromatic N) is 2. The predicted molar refractivity (Wildman–Crippen MR) is 76.5 cm³/mol. The van der Waals surface area contributed by atoms with Gasteiger partial charge in [0.2, 0.25) is 0 Å². The van der Waals surface area contributed by atoms with Crippen molar-refractivity contribution in [2.75, 3.05) is 5.32 Å². The van der Waals surface area contributed by atoms with Crippen molar-refractivity contribution in [3.63, 3.8) is 0 Å². The molecule has 1 N–H and O–H groups in total. The number of aryl methyl sites for hydroxylation is 1. The molecule has 90 valence electrons. The van der Waals surface area contributed by atoms with E-state index in [-0.39, 0.29) is 0 Å². The number of hydrogen-bond donors (Lipinski definition) is 1. The van der Waals surface area contributed by atoms with Gasteiger partial charge in [0, 0.05) is 5.69 Å². The molecule has 3 rings (SSSR count). The van der Waals surface area contributed by atoms with E-state index >= 15 is 0 Å². The van der Waals surface area contributed by atoms with Crippen LogP contribution in [-0.2, 0) is 6.42 Å². The molecule has 2 aromatic heterocycles. The van der Waals surface area contributed by atoms with Crippen LogP contribution in [0.25, 0.3) is 10.2 Å². The zero-order valence-electron chi connectivity index (χ0n) is 10.1. The van der Waals surface area contributed by atoms with Crippen LogP contribution in [0, 0.1) is 0 Å². The third kappa shape index (κ3) is 2.07. The van der Waals surface area contributed by atoms with Gasteiger partial charge >= 0.3 is 0 Å². The second kappa shape index (κ2) is 4.74. The number of benzene rings is 1. The van der Waals surface area contributed by atoms with Gasteiger partial charge < -0.3 is 5.32 Å². The first-order valence-electron chi connectivity index (χ1n) is 5.91. The minimum Gasteiger partial charge on any atom is -0.340 e. The SMILES string of the molecule is CCc1ccc(Nc2ncnc3sccc23)cc1. The van der Waals surface area contributed by atoms with Crippen molar-refractivity contribution in [1.82, 2.24) is 9.97 Å². The molecule has 18 heavy (non-hydrogen) atoms. The van der Waals surface area contributed by atoms with E-state index in [0.717, 1.165) is 28.1 Å². The molecule has 0 aliphatic heterocycles. The monoisotopic (exact) mass is 255 g/mol. The lowest BCUT2D eigenvalue weighted by atomic mass is 10.1. The Bertz CT molecular complexity index is 658. The molecule has 3 nitrogen and oxygen atoms in total. The van der Waals surface area contributed by atoms with Crippen LogP contribution in [0.4, 0.5) is 11.5 Å². The third-order valence-corrected chi connectivity index (χ3v) is 3.71. The van der Waals surface area contributed by atoms with Crippen LogP contribution >= 0.6 is 11.3 Å². The van der Waals surface area contributed by atoms with Gasteiger partial charge in [-0.3, -0.25) is 0 Å². The summed E-state index contributed by atoms with van der Waals surface area (Å²) in [5.41, 5.74) is 2.39. The van der Waals surface area contributed by atoms with Gasteiger partial charge in [0.05, 0.1) is 5.39 Å². The smallest absolute Gasteiger partial charge is 0.142 e. The molecule has 0 fully saturated rings. The molecule has 3 aromatic rings. The highest BCUT2D eigenvalue weighted by atomic mass is 32.1. The van der Waals surface area contributed by atoms with Crippen molar-refractivity contribution in [3.05, 3.63) is 47.6 Å². The van der Waals surface area contributed by atoms with Crippen LogP contribution in [0.5, 0.6) is 0 Å². The Morgan fingerprint density at radius 3 is 2.72 bits per heavy atom. The van der Waals surface area contributed by atoms with Gasteiger partial charge in [-0.15, -0.1) is 11.3 Å². The highest BCUT2D eigenvalue weighted by Gasteiger charge is 2.04. The summed E-state index contributed by atoms with van der Waals surface area (Å²) < 4.78 is 0. The number of anilines is 2. The van der Waals surface area contributed by atoms with Crippen LogP contribution in [0.15, 0.2) is 42.0 Å². The van der Waals surface area contributed by atoms with E-state index in [2.05, 4.69) is 46.5 Å². The summed E-state index contributed by atoms with van der Waals surface area (Å²) in [5.74, 6) is 0.866. The van der Waals surface area contributed by atoms with Crippen LogP contribution in [0.2, 0.25) is 0 Å². The van der Waals surface area contributed by atoms with Crippen LogP contribution < -0.4 is 5.32 Å². The van der Waals surface area contributed by atoms with Crippen molar-refractivity contribution < 1.29 is 0 Å². The predicted octanol–water partition coefficient (Wildman–Crippen LogP) is 4.00. The van der Waals surface area contributed by atoms with Gasteiger partial charge in [-0.05, 0) is 35.6 Å². The van der Waals surface area contributed by atoms with E-state index in [0.29, 0.717) is 0 Å². The molecule has 2 heterocycles. The second-order valence-corrected chi connectivity index (χ2v) is 4.93. The van der Waals surface area contributed by atoms with Crippen molar-refractivity contribution >= 4 is 33.1 Å². The Morgan fingerprint density at radius 1 is 1.11 bits per heavy atom. The molecule has 0 bridgehead atoms. The molecule has 0 aliphatic carbocycles. The maximum absolute atomic E-state index is 4.30. The van der Waals surface area contributed by atoms with E-state index in [1.54, 1.807) is 17.7 Å². The van der Waals surface area contributed by atoms with Crippen molar-refractivity contribution in [2.45, 2.75) is 13.3 Å². The third-order valence-electron chi connectivity index (χ3n) is 2.89. The number of fused-ring (bicyclic) bond motifs is 1. The normalized spacial score (nSPS) is 10.7. The van der Waals surface area contributed by atoms with E-state index in [9.17, 15) is 0 Å². The second-order valence-electron chi connectivity index (χ2n) is 4.04. The minimum atomic E-state index is 0.866. The molecule has 4 heteroatoms. The Morgan fingerprint density at radius 2 is 1.94 bits per heavy atom. The molecular weight excluding hydrogens is 242 g/mol. The molecule has 0 saturated heterocycles. The number of thiophene rings is 1. The van der Waals surface area contributed by atoms with Gasteiger partial charge in [0.15, 0.2) is 0 Å². The summed E-state index contributed by atoms with van der Waals surface area (Å²) in [4.78, 5) is 9.55. The standard InChI is InChI=1S/C14H13N3S/c1-2-10-3-5-11(6-4-10)17-13-12-7-8-18-14(12)16-9-15-13/h3-9H,2H2,1H3,(H,15,16,17). The summed E-state index contributed by atoms with van der Waals surface area (Å²) in [5, 5.41) is 6.44. The average molecular weight is 255 g/mol. The van der Waals surface area contributed by atoms with Crippen LogP contribution in [0.3, 0.4) is 0 Å². The van der Waals surface area contributed by atoms with Gasteiger partial charge in [-0.25, -0.2) is 9.97 Å². The van der Waals surface area contributed by atoms with E-state index < -0.39 is 0 Å². The maximum atomic E-state index is 4.30. The van der Waals surface area contributed by atoms with E-state index in [1.807, 2.05) is 11.4 Å². The fourth-order valence-electron chi connectivity index (χ4n) is 1.85. The first-order chi connectivity index (χ1) is 8.86. The van der Waals surface area contributed by atoms with E-state index in [4.69, 9.17) is 0 Å². The lowest BCUT2D eigenvalue weighted by Crippen LogP contribution is -1.94. The number of aromatic nitrogens is 2. The lowest BCUT2D eigenvalue weighted by Gasteiger charge is -2.06. The molecular formula is C14H13N3S. The highest BCUT2D eigenvalue weighted by molar-refractivity contribution is 7.16. The van der Waals surface area contributed by atoms with Crippen molar-refractivity contribution in [1.29, 1.82) is 0 Å². The van der Waals surface area contributed by atoms with Crippen LogP contribution in [-0.4, -0.2) is 9.97 Å². The van der Waals surface area contributed by atoms with Gasteiger partial charge in [0.25, 0.3) is 0 Å². The molecule has 0 saturated carbocycles. The zero-order chi connectivity index (χ0) is 12.4. The topological polar surface area (TPSA) is 37.8 Å². The number of hydrogen-bond acceptors (Lipinski definition) is 4. The first-order valence-corrected chi connectivity index (χ1v) is 6.79. The molecule has 1 aromatic carbocycles. The Kier molecular flexibility index (Phi) is 2.94. The van der Waals surface area contributed by atoms with Crippen LogP contribution in [0.1, 0.15) is 12.5 Å². The molecule has 0 aliphatic rings. The maximum Gasteiger partial charge on any atom is 0.142 e. The molecule has 0 unspecified atom stereocenters. The summed E-state index contributed by atoms with van der Waals surface area (Å²) in [6, 6.07) is 10.5. The summed E-state index contributed by atoms with van der Waals surface area (Å²) in [6.45, 7) is 2.15. The highest BCUT2D eigenvalue weighted by Crippen LogP contribution is 2.26. The Balaban J connectivity index is 1.93. The fraction of sp³-hybridized carbons (Fsp3) is 0.143.